The van der Waals surface area contributed by atoms with Crippen LogP contribution in [0.2, 0.25) is 0 Å². The van der Waals surface area contributed by atoms with Gasteiger partial charge in [-0.05, 0) is 24.7 Å². The fourth-order valence-corrected chi connectivity index (χ4v) is 3.16. The van der Waals surface area contributed by atoms with Crippen molar-refractivity contribution in [1.29, 1.82) is 0 Å². The second-order valence-electron chi connectivity index (χ2n) is 4.60. The Morgan fingerprint density at radius 3 is 2.57 bits per heavy atom. The van der Waals surface area contributed by atoms with Crippen molar-refractivity contribution < 1.29 is 9.13 Å². The van der Waals surface area contributed by atoms with Crippen LogP contribution in [0.1, 0.15) is 18.5 Å². The zero-order valence-corrected chi connectivity index (χ0v) is 13.1. The molecule has 0 heterocycles. The maximum atomic E-state index is 14.4. The Bertz CT molecular complexity index is 562. The van der Waals surface area contributed by atoms with Gasteiger partial charge >= 0.3 is 0 Å². The highest BCUT2D eigenvalue weighted by atomic mass is 32.2. The Balaban J connectivity index is 2.15. The lowest BCUT2D eigenvalue weighted by Gasteiger charge is -2.19. The fourth-order valence-electron chi connectivity index (χ4n) is 2.16. The van der Waals surface area contributed by atoms with Crippen molar-refractivity contribution in [2.75, 3.05) is 19.4 Å². The molecule has 0 amide bonds. The molecule has 0 aliphatic carbocycles. The molecular weight excluding hydrogens is 285 g/mol. The predicted molar refractivity (Wildman–Crippen MR) is 86.5 cm³/mol. The van der Waals surface area contributed by atoms with Gasteiger partial charge in [-0.1, -0.05) is 37.3 Å². The van der Waals surface area contributed by atoms with Gasteiger partial charge in [-0.25, -0.2) is 4.39 Å². The van der Waals surface area contributed by atoms with Gasteiger partial charge in [-0.2, -0.15) is 0 Å². The molecule has 0 fully saturated rings. The molecule has 4 heteroatoms. The van der Waals surface area contributed by atoms with E-state index >= 15 is 0 Å². The smallest absolute Gasteiger partial charge is 0.169 e. The Morgan fingerprint density at radius 1 is 1.14 bits per heavy atom. The molecule has 21 heavy (non-hydrogen) atoms. The van der Waals surface area contributed by atoms with Crippen LogP contribution >= 0.6 is 11.8 Å². The van der Waals surface area contributed by atoms with E-state index in [-0.39, 0.29) is 11.9 Å². The van der Waals surface area contributed by atoms with Crippen LogP contribution in [0, 0.1) is 5.82 Å². The number of halogens is 1. The Hall–Kier alpha value is -1.52. The summed E-state index contributed by atoms with van der Waals surface area (Å²) >= 11 is 1.72. The molecule has 2 aromatic rings. The highest BCUT2D eigenvalue weighted by Crippen LogP contribution is 2.29. The van der Waals surface area contributed by atoms with Crippen LogP contribution < -0.4 is 10.1 Å². The zero-order valence-electron chi connectivity index (χ0n) is 12.3. The first-order chi connectivity index (χ1) is 10.3. The average molecular weight is 305 g/mol. The monoisotopic (exact) mass is 305 g/mol. The van der Waals surface area contributed by atoms with Crippen LogP contribution in [0.15, 0.2) is 53.4 Å². The van der Waals surface area contributed by atoms with Crippen LogP contribution in [0.4, 0.5) is 4.39 Å². The number of nitrogens with one attached hydrogen (secondary N) is 1. The van der Waals surface area contributed by atoms with Gasteiger partial charge < -0.3 is 10.1 Å². The third-order valence-corrected chi connectivity index (χ3v) is 4.30. The van der Waals surface area contributed by atoms with Gasteiger partial charge in [0, 0.05) is 22.3 Å². The Morgan fingerprint density at radius 2 is 1.90 bits per heavy atom. The molecule has 0 saturated carbocycles. The summed E-state index contributed by atoms with van der Waals surface area (Å²) in [7, 11) is 1.49. The van der Waals surface area contributed by atoms with E-state index in [9.17, 15) is 4.39 Å². The van der Waals surface area contributed by atoms with Crippen molar-refractivity contribution in [2.45, 2.75) is 17.9 Å². The van der Waals surface area contributed by atoms with Gasteiger partial charge in [0.1, 0.15) is 0 Å². The van der Waals surface area contributed by atoms with E-state index in [1.54, 1.807) is 17.8 Å². The van der Waals surface area contributed by atoms with Gasteiger partial charge in [-0.15, -0.1) is 11.8 Å². The molecular formula is C17H20FNOS. The quantitative estimate of drug-likeness (QED) is 0.772. The highest BCUT2D eigenvalue weighted by Gasteiger charge is 2.18. The first kappa shape index (κ1) is 15.9. The number of hydrogen-bond acceptors (Lipinski definition) is 3. The molecule has 0 aromatic heterocycles. The zero-order chi connectivity index (χ0) is 15.1. The van der Waals surface area contributed by atoms with Crippen molar-refractivity contribution in [3.05, 3.63) is 59.9 Å². The summed E-state index contributed by atoms with van der Waals surface area (Å²) in [5.74, 6) is 0.779. The number of hydrogen-bond donors (Lipinski definition) is 1. The summed E-state index contributed by atoms with van der Waals surface area (Å²) in [4.78, 5) is 1.18. The van der Waals surface area contributed by atoms with Crippen molar-refractivity contribution >= 4 is 11.8 Å². The largest absolute Gasteiger partial charge is 0.494 e. The van der Waals surface area contributed by atoms with E-state index in [0.717, 1.165) is 12.3 Å². The second kappa shape index (κ2) is 8.05. The first-order valence-electron chi connectivity index (χ1n) is 7.00. The van der Waals surface area contributed by atoms with Crippen LogP contribution in [0.5, 0.6) is 5.75 Å². The predicted octanol–water partition coefficient (Wildman–Crippen LogP) is 4.28. The van der Waals surface area contributed by atoms with E-state index < -0.39 is 0 Å². The second-order valence-corrected chi connectivity index (χ2v) is 5.69. The number of methoxy groups -OCH3 is 1. The van der Waals surface area contributed by atoms with Crippen molar-refractivity contribution in [1.82, 2.24) is 5.32 Å². The lowest BCUT2D eigenvalue weighted by Crippen LogP contribution is -2.24. The van der Waals surface area contributed by atoms with Gasteiger partial charge in [0.05, 0.1) is 7.11 Å². The van der Waals surface area contributed by atoms with Crippen molar-refractivity contribution in [3.8, 4) is 5.75 Å². The lowest BCUT2D eigenvalue weighted by atomic mass is 10.1. The molecule has 0 radical (unpaired) electrons. The van der Waals surface area contributed by atoms with E-state index in [1.165, 1.54) is 12.0 Å². The summed E-state index contributed by atoms with van der Waals surface area (Å²) in [6.45, 7) is 2.81. The Labute approximate surface area is 129 Å². The van der Waals surface area contributed by atoms with Gasteiger partial charge in [-0.3, -0.25) is 0 Å². The standard InChI is InChI=1S/C17H20FNOS/c1-3-19-15(12-21-13-8-5-4-6-9-13)14-10-7-11-16(20-2)17(14)18/h4-11,15,19H,3,12H2,1-2H3. The minimum absolute atomic E-state index is 0.0460. The molecule has 1 unspecified atom stereocenters. The molecule has 0 aliphatic rings. The first-order valence-corrected chi connectivity index (χ1v) is 7.98. The molecule has 0 saturated heterocycles. The van der Waals surface area contributed by atoms with Crippen LogP contribution in [0.3, 0.4) is 0 Å². The number of rotatable bonds is 7. The third kappa shape index (κ3) is 4.22. The van der Waals surface area contributed by atoms with E-state index in [4.69, 9.17) is 4.74 Å². The number of thioether (sulfide) groups is 1. The SMILES string of the molecule is CCNC(CSc1ccccc1)c1cccc(OC)c1F. The molecule has 2 nitrogen and oxygen atoms in total. The van der Waals surface area contributed by atoms with E-state index in [2.05, 4.69) is 17.4 Å². The highest BCUT2D eigenvalue weighted by molar-refractivity contribution is 7.99. The summed E-state index contributed by atoms with van der Waals surface area (Å²) in [6.07, 6.45) is 0. The average Bonchev–Trinajstić information content (AvgIpc) is 2.53. The third-order valence-electron chi connectivity index (χ3n) is 3.20. The molecule has 0 spiro atoms. The van der Waals surface area contributed by atoms with Gasteiger partial charge in [0.15, 0.2) is 11.6 Å². The summed E-state index contributed by atoms with van der Waals surface area (Å²) in [5, 5.41) is 3.34. The van der Waals surface area contributed by atoms with Gasteiger partial charge in [0.2, 0.25) is 0 Å². The van der Waals surface area contributed by atoms with E-state index in [0.29, 0.717) is 11.3 Å². The topological polar surface area (TPSA) is 21.3 Å². The summed E-state index contributed by atoms with van der Waals surface area (Å²) in [5.41, 5.74) is 0.652. The van der Waals surface area contributed by atoms with Crippen molar-refractivity contribution in [3.63, 3.8) is 0 Å². The number of ether oxygens (including phenoxy) is 1. The van der Waals surface area contributed by atoms with Gasteiger partial charge in [0.25, 0.3) is 0 Å². The van der Waals surface area contributed by atoms with Crippen molar-refractivity contribution in [2.24, 2.45) is 0 Å². The summed E-state index contributed by atoms with van der Waals surface area (Å²) < 4.78 is 19.5. The molecule has 1 N–H and O–H groups in total. The maximum Gasteiger partial charge on any atom is 0.169 e. The molecule has 0 bridgehead atoms. The van der Waals surface area contributed by atoms with E-state index in [1.807, 2.05) is 37.3 Å². The van der Waals surface area contributed by atoms with Crippen LogP contribution in [-0.4, -0.2) is 19.4 Å². The summed E-state index contributed by atoms with van der Waals surface area (Å²) in [6, 6.07) is 15.4. The molecule has 112 valence electrons. The molecule has 1 atom stereocenters. The minimum Gasteiger partial charge on any atom is -0.494 e. The lowest BCUT2D eigenvalue weighted by molar-refractivity contribution is 0.381. The fraction of sp³-hybridized carbons (Fsp3) is 0.294. The van der Waals surface area contributed by atoms with Crippen LogP contribution in [-0.2, 0) is 0 Å². The molecule has 2 rings (SSSR count). The molecule has 2 aromatic carbocycles. The normalized spacial score (nSPS) is 12.1. The van der Waals surface area contributed by atoms with Crippen LogP contribution in [0.25, 0.3) is 0 Å². The number of benzene rings is 2. The Kier molecular flexibility index (Phi) is 6.08. The minimum atomic E-state index is -0.278. The maximum absolute atomic E-state index is 14.4. The molecule has 0 aliphatic heterocycles.